The highest BCUT2D eigenvalue weighted by molar-refractivity contribution is 6.43. The summed E-state index contributed by atoms with van der Waals surface area (Å²) in [5.74, 6) is -0.973. The number of hydrogen-bond donors (Lipinski definition) is 1. The number of nitrogens with zero attached hydrogens (tertiary/aromatic N) is 1. The van der Waals surface area contributed by atoms with Crippen LogP contribution in [-0.2, 0) is 6.18 Å². The molecule has 0 spiro atoms. The lowest BCUT2D eigenvalue weighted by Crippen LogP contribution is -2.06. The second-order valence-corrected chi connectivity index (χ2v) is 4.44. The summed E-state index contributed by atoms with van der Waals surface area (Å²) >= 11 is 11.7. The van der Waals surface area contributed by atoms with Crippen LogP contribution in [-0.4, -0.2) is 10.1 Å². The van der Waals surface area contributed by atoms with Gasteiger partial charge in [-0.1, -0.05) is 35.3 Å². The molecule has 7 heteroatoms. The van der Waals surface area contributed by atoms with E-state index in [2.05, 4.69) is 4.98 Å². The molecular formula is C12H6Cl2F3NO. The van der Waals surface area contributed by atoms with Crippen molar-refractivity contribution in [3.05, 3.63) is 46.1 Å². The van der Waals surface area contributed by atoms with E-state index in [-0.39, 0.29) is 21.3 Å². The second kappa shape index (κ2) is 4.90. The van der Waals surface area contributed by atoms with Crippen molar-refractivity contribution in [3.63, 3.8) is 0 Å². The summed E-state index contributed by atoms with van der Waals surface area (Å²) in [6.07, 6.45) is -3.72. The summed E-state index contributed by atoms with van der Waals surface area (Å²) in [7, 11) is 0. The second-order valence-electron chi connectivity index (χ2n) is 3.65. The van der Waals surface area contributed by atoms with Gasteiger partial charge in [0.05, 0.1) is 10.0 Å². The maximum Gasteiger partial charge on any atom is 0.420 e. The van der Waals surface area contributed by atoms with Gasteiger partial charge in [-0.15, -0.1) is 0 Å². The first-order valence-electron chi connectivity index (χ1n) is 5.02. The number of benzene rings is 1. The Kier molecular flexibility index (Phi) is 3.60. The van der Waals surface area contributed by atoms with Crippen LogP contribution in [0.2, 0.25) is 10.0 Å². The molecule has 1 aromatic heterocycles. The quantitative estimate of drug-likeness (QED) is 0.822. The summed E-state index contributed by atoms with van der Waals surface area (Å²) in [6, 6.07) is 5.11. The van der Waals surface area contributed by atoms with E-state index in [0.29, 0.717) is 6.07 Å². The van der Waals surface area contributed by atoms with Gasteiger partial charge in [-0.3, -0.25) is 4.98 Å². The van der Waals surface area contributed by atoms with Gasteiger partial charge in [0.1, 0.15) is 11.3 Å². The van der Waals surface area contributed by atoms with Gasteiger partial charge in [0.2, 0.25) is 0 Å². The predicted octanol–water partition coefficient (Wildman–Crippen LogP) is 4.78. The van der Waals surface area contributed by atoms with Crippen molar-refractivity contribution in [1.29, 1.82) is 0 Å². The molecule has 1 N–H and O–H groups in total. The molecule has 0 aliphatic heterocycles. The van der Waals surface area contributed by atoms with Gasteiger partial charge in [-0.2, -0.15) is 13.2 Å². The molecule has 100 valence electrons. The van der Waals surface area contributed by atoms with E-state index in [4.69, 9.17) is 23.2 Å². The summed E-state index contributed by atoms with van der Waals surface area (Å²) in [6.45, 7) is 0. The summed E-state index contributed by atoms with van der Waals surface area (Å²) < 4.78 is 38.0. The molecule has 0 atom stereocenters. The highest BCUT2D eigenvalue weighted by Gasteiger charge is 2.35. The molecule has 1 aromatic carbocycles. The molecule has 1 heterocycles. The van der Waals surface area contributed by atoms with E-state index in [1.54, 1.807) is 0 Å². The first-order chi connectivity index (χ1) is 8.82. The molecule has 2 nitrogen and oxygen atoms in total. The third-order valence-electron chi connectivity index (χ3n) is 2.44. The van der Waals surface area contributed by atoms with Crippen molar-refractivity contribution < 1.29 is 18.3 Å². The lowest BCUT2D eigenvalue weighted by atomic mass is 10.1. The Labute approximate surface area is 116 Å². The van der Waals surface area contributed by atoms with Gasteiger partial charge in [0.15, 0.2) is 5.75 Å². The van der Waals surface area contributed by atoms with Crippen LogP contribution in [0.15, 0.2) is 30.5 Å². The Morgan fingerprint density at radius 2 is 1.79 bits per heavy atom. The summed E-state index contributed by atoms with van der Waals surface area (Å²) in [5.41, 5.74) is -1.30. The van der Waals surface area contributed by atoms with Gasteiger partial charge in [-0.25, -0.2) is 0 Å². The molecule has 0 saturated carbocycles. The molecule has 0 unspecified atom stereocenters. The van der Waals surface area contributed by atoms with Crippen LogP contribution in [0.4, 0.5) is 13.2 Å². The maximum absolute atomic E-state index is 12.7. The minimum absolute atomic E-state index is 0.0336. The smallest absolute Gasteiger partial charge is 0.420 e. The molecule has 0 radical (unpaired) electrons. The van der Waals surface area contributed by atoms with Gasteiger partial charge in [-0.05, 0) is 12.1 Å². The van der Waals surface area contributed by atoms with Crippen molar-refractivity contribution in [1.82, 2.24) is 4.98 Å². The topological polar surface area (TPSA) is 33.1 Å². The van der Waals surface area contributed by atoms with Crippen molar-refractivity contribution in [2.24, 2.45) is 0 Å². The van der Waals surface area contributed by atoms with Crippen LogP contribution < -0.4 is 0 Å². The number of pyridine rings is 1. The van der Waals surface area contributed by atoms with E-state index >= 15 is 0 Å². The number of alkyl halides is 3. The lowest BCUT2D eigenvalue weighted by molar-refractivity contribution is -0.138. The molecule has 0 fully saturated rings. The Morgan fingerprint density at radius 3 is 2.42 bits per heavy atom. The lowest BCUT2D eigenvalue weighted by Gasteiger charge is -2.12. The van der Waals surface area contributed by atoms with E-state index in [0.717, 1.165) is 6.20 Å². The van der Waals surface area contributed by atoms with Crippen molar-refractivity contribution in [3.8, 4) is 17.0 Å². The third kappa shape index (κ3) is 2.62. The molecule has 2 rings (SSSR count). The van der Waals surface area contributed by atoms with E-state index < -0.39 is 17.5 Å². The Balaban J connectivity index is 2.68. The van der Waals surface area contributed by atoms with Crippen LogP contribution in [0, 0.1) is 0 Å². The zero-order valence-corrected chi connectivity index (χ0v) is 10.7. The molecular weight excluding hydrogens is 302 g/mol. The third-order valence-corrected chi connectivity index (χ3v) is 3.26. The van der Waals surface area contributed by atoms with Gasteiger partial charge in [0, 0.05) is 11.8 Å². The monoisotopic (exact) mass is 307 g/mol. The minimum atomic E-state index is -4.67. The average molecular weight is 308 g/mol. The molecule has 2 aromatic rings. The Hall–Kier alpha value is -1.46. The Bertz CT molecular complexity index is 629. The molecule has 0 bridgehead atoms. The van der Waals surface area contributed by atoms with Gasteiger partial charge < -0.3 is 5.11 Å². The molecule has 0 aliphatic carbocycles. The van der Waals surface area contributed by atoms with Crippen LogP contribution >= 0.6 is 23.2 Å². The summed E-state index contributed by atoms with van der Waals surface area (Å²) in [5, 5.41) is 9.91. The van der Waals surface area contributed by atoms with Crippen LogP contribution in [0.25, 0.3) is 11.3 Å². The first kappa shape index (κ1) is 14.0. The van der Waals surface area contributed by atoms with Gasteiger partial charge >= 0.3 is 6.18 Å². The minimum Gasteiger partial charge on any atom is -0.505 e. The normalized spacial score (nSPS) is 11.6. The van der Waals surface area contributed by atoms with E-state index in [9.17, 15) is 18.3 Å². The number of hydrogen-bond acceptors (Lipinski definition) is 2. The zero-order chi connectivity index (χ0) is 14.2. The highest BCUT2D eigenvalue weighted by Crippen LogP contribution is 2.42. The first-order valence-corrected chi connectivity index (χ1v) is 5.77. The summed E-state index contributed by atoms with van der Waals surface area (Å²) in [4.78, 5) is 3.73. The Morgan fingerprint density at radius 1 is 1.11 bits per heavy atom. The number of aromatic hydroxyl groups is 1. The SMILES string of the molecule is Oc1c(C(F)(F)F)ccnc1-c1cccc(Cl)c1Cl. The van der Waals surface area contributed by atoms with Crippen molar-refractivity contribution in [2.75, 3.05) is 0 Å². The molecule has 0 saturated heterocycles. The fourth-order valence-electron chi connectivity index (χ4n) is 1.57. The van der Waals surface area contributed by atoms with Crippen LogP contribution in [0.5, 0.6) is 5.75 Å². The maximum atomic E-state index is 12.7. The largest absolute Gasteiger partial charge is 0.505 e. The highest BCUT2D eigenvalue weighted by atomic mass is 35.5. The van der Waals surface area contributed by atoms with Gasteiger partial charge in [0.25, 0.3) is 0 Å². The predicted molar refractivity (Wildman–Crippen MR) is 66.4 cm³/mol. The fraction of sp³-hybridized carbons (Fsp3) is 0.0833. The van der Waals surface area contributed by atoms with Crippen molar-refractivity contribution in [2.45, 2.75) is 6.18 Å². The standard InChI is InChI=1S/C12H6Cl2F3NO/c13-8-3-1-2-6(9(8)14)10-11(19)7(4-5-18-10)12(15,16)17/h1-5,19H. The zero-order valence-electron chi connectivity index (χ0n) is 9.17. The molecule has 0 amide bonds. The number of aromatic nitrogens is 1. The fourth-order valence-corrected chi connectivity index (χ4v) is 1.96. The number of halogens is 5. The van der Waals surface area contributed by atoms with E-state index in [1.165, 1.54) is 18.2 Å². The molecule has 0 aliphatic rings. The van der Waals surface area contributed by atoms with E-state index in [1.807, 2.05) is 0 Å². The molecule has 19 heavy (non-hydrogen) atoms. The van der Waals surface area contributed by atoms with Crippen LogP contribution in [0.3, 0.4) is 0 Å². The van der Waals surface area contributed by atoms with Crippen LogP contribution in [0.1, 0.15) is 5.56 Å². The van der Waals surface area contributed by atoms with Crippen molar-refractivity contribution >= 4 is 23.2 Å². The number of rotatable bonds is 1. The average Bonchev–Trinajstić information content (AvgIpc) is 2.32.